The Kier molecular flexibility index (Phi) is 7.00. The van der Waals surface area contributed by atoms with Gasteiger partial charge in [0.05, 0.1) is 11.6 Å². The summed E-state index contributed by atoms with van der Waals surface area (Å²) in [5.74, 6) is 0. The van der Waals surface area contributed by atoms with E-state index in [1.54, 1.807) is 0 Å². The van der Waals surface area contributed by atoms with Gasteiger partial charge in [-0.05, 0) is 126 Å². The second kappa shape index (κ2) is 11.9. The minimum Gasteiger partial charge on any atom is -0.456 e. The van der Waals surface area contributed by atoms with E-state index in [-0.39, 0.29) is 5.41 Å². The number of rotatable bonds is 5. The molecule has 0 aliphatic heterocycles. The van der Waals surface area contributed by atoms with Gasteiger partial charge in [0.15, 0.2) is 0 Å². The van der Waals surface area contributed by atoms with Crippen LogP contribution in [0.4, 0.5) is 0 Å². The molecule has 250 valence electrons. The second-order valence-corrected chi connectivity index (χ2v) is 14.8. The first-order valence-electron chi connectivity index (χ1n) is 18.3. The normalized spacial score (nSPS) is 13.4. The first-order valence-corrected chi connectivity index (χ1v) is 18.3. The van der Waals surface area contributed by atoms with Gasteiger partial charge in [0.1, 0.15) is 11.2 Å². The van der Waals surface area contributed by atoms with E-state index >= 15 is 0 Å². The number of hydrogen-bond acceptors (Lipinski definition) is 2. The summed E-state index contributed by atoms with van der Waals surface area (Å²) in [5.41, 5.74) is 14.8. The molecule has 0 radical (unpaired) electrons. The lowest BCUT2D eigenvalue weighted by atomic mass is 9.80. The third-order valence-corrected chi connectivity index (χ3v) is 11.3. The first-order chi connectivity index (χ1) is 25.9. The molecule has 0 atom stereocenters. The van der Waals surface area contributed by atoms with Crippen LogP contribution in [-0.2, 0) is 11.8 Å². The Morgan fingerprint density at radius 2 is 1.34 bits per heavy atom. The summed E-state index contributed by atoms with van der Waals surface area (Å²) < 4.78 is 6.19. The smallest absolute Gasteiger partial charge is 0.135 e. The predicted molar refractivity (Wildman–Crippen MR) is 221 cm³/mol. The zero-order valence-electron chi connectivity index (χ0n) is 29.7. The summed E-state index contributed by atoms with van der Waals surface area (Å²) in [7, 11) is 0. The molecular weight excluding hydrogens is 643 g/mol. The van der Waals surface area contributed by atoms with Gasteiger partial charge in [-0.15, -0.1) is 0 Å². The first kappa shape index (κ1) is 31.1. The molecule has 1 aliphatic rings. The van der Waals surface area contributed by atoms with Crippen molar-refractivity contribution in [3.8, 4) is 28.3 Å². The SMILES string of the molecule is CC1(C)c2cc(/C=C(/Cc3ccc(C#N)cc3)c3ccc4oc5ccccc5c4c3)ccc2-c2c1cc(-c1ccc3ccccc3c1)c1ccccc21. The van der Waals surface area contributed by atoms with E-state index in [2.05, 4.69) is 159 Å². The van der Waals surface area contributed by atoms with E-state index in [0.717, 1.165) is 39.5 Å². The molecule has 0 saturated heterocycles. The molecule has 2 nitrogen and oxygen atoms in total. The van der Waals surface area contributed by atoms with Crippen LogP contribution >= 0.6 is 0 Å². The molecule has 0 spiro atoms. The number of para-hydroxylation sites is 1. The average molecular weight is 678 g/mol. The molecule has 0 fully saturated rings. The van der Waals surface area contributed by atoms with Gasteiger partial charge in [0, 0.05) is 16.2 Å². The molecule has 0 bridgehead atoms. The van der Waals surface area contributed by atoms with Crippen LogP contribution in [0.1, 0.15) is 47.2 Å². The van der Waals surface area contributed by atoms with Crippen LogP contribution in [0.3, 0.4) is 0 Å². The zero-order chi connectivity index (χ0) is 35.7. The van der Waals surface area contributed by atoms with Gasteiger partial charge < -0.3 is 4.42 Å². The number of nitriles is 1. The fourth-order valence-corrected chi connectivity index (χ4v) is 8.57. The van der Waals surface area contributed by atoms with Gasteiger partial charge in [-0.1, -0.05) is 135 Å². The van der Waals surface area contributed by atoms with E-state index < -0.39 is 0 Å². The second-order valence-electron chi connectivity index (χ2n) is 14.8. The minimum atomic E-state index is -0.202. The van der Waals surface area contributed by atoms with Crippen molar-refractivity contribution in [2.45, 2.75) is 25.7 Å². The molecule has 9 aromatic rings. The molecule has 1 aliphatic carbocycles. The van der Waals surface area contributed by atoms with Crippen molar-refractivity contribution < 1.29 is 4.42 Å². The highest BCUT2D eigenvalue weighted by Crippen LogP contribution is 2.53. The lowest BCUT2D eigenvalue weighted by Gasteiger charge is -2.23. The molecule has 0 N–H and O–H groups in total. The van der Waals surface area contributed by atoms with Gasteiger partial charge in [-0.3, -0.25) is 0 Å². The number of nitrogens with zero attached hydrogens (tertiary/aromatic N) is 1. The van der Waals surface area contributed by atoms with Crippen LogP contribution in [0.5, 0.6) is 0 Å². The summed E-state index contributed by atoms with van der Waals surface area (Å²) >= 11 is 0. The molecule has 0 amide bonds. The lowest BCUT2D eigenvalue weighted by molar-refractivity contribution is 0.661. The van der Waals surface area contributed by atoms with Crippen molar-refractivity contribution in [3.05, 3.63) is 191 Å². The summed E-state index contributed by atoms with van der Waals surface area (Å²) in [4.78, 5) is 0. The maximum atomic E-state index is 9.43. The van der Waals surface area contributed by atoms with E-state index in [9.17, 15) is 5.26 Å². The van der Waals surface area contributed by atoms with Crippen molar-refractivity contribution in [2.24, 2.45) is 0 Å². The Labute approximate surface area is 308 Å². The molecule has 1 aromatic heterocycles. The summed E-state index contributed by atoms with van der Waals surface area (Å²) in [6, 6.07) is 58.8. The number of hydrogen-bond donors (Lipinski definition) is 0. The summed E-state index contributed by atoms with van der Waals surface area (Å²) in [5, 5.41) is 16.8. The largest absolute Gasteiger partial charge is 0.456 e. The zero-order valence-corrected chi connectivity index (χ0v) is 29.7. The quantitative estimate of drug-likeness (QED) is 0.170. The van der Waals surface area contributed by atoms with Crippen LogP contribution in [-0.4, -0.2) is 0 Å². The molecule has 2 heteroatoms. The van der Waals surface area contributed by atoms with E-state index in [1.165, 1.54) is 66.1 Å². The maximum absolute atomic E-state index is 9.43. The third-order valence-electron chi connectivity index (χ3n) is 11.3. The standard InChI is InChI=1S/C51H35NO/c1-51(2)46-27-34(26-39(25-32-15-17-33(31-52)18-16-32)37-22-24-49-45(29-37)41-12-7-8-14-48(41)53-49)19-23-43(46)50-42-13-6-5-11-40(42)44(30-47(50)51)38-21-20-35-9-3-4-10-36(35)28-38/h3-24,26-30H,25H2,1-2H3/b39-26-. The van der Waals surface area contributed by atoms with Crippen molar-refractivity contribution in [3.63, 3.8) is 0 Å². The Balaban J connectivity index is 1.12. The lowest BCUT2D eigenvalue weighted by Crippen LogP contribution is -2.15. The topological polar surface area (TPSA) is 36.9 Å². The Morgan fingerprint density at radius 1 is 0.604 bits per heavy atom. The van der Waals surface area contributed by atoms with Crippen LogP contribution in [0.2, 0.25) is 0 Å². The number of furan rings is 1. The Hall–Kier alpha value is -6.69. The van der Waals surface area contributed by atoms with E-state index in [0.29, 0.717) is 5.56 Å². The van der Waals surface area contributed by atoms with Gasteiger partial charge in [0.25, 0.3) is 0 Å². The maximum Gasteiger partial charge on any atom is 0.135 e. The summed E-state index contributed by atoms with van der Waals surface area (Å²) in [6.45, 7) is 4.75. The molecule has 1 heterocycles. The van der Waals surface area contributed by atoms with Gasteiger partial charge in [-0.25, -0.2) is 0 Å². The van der Waals surface area contributed by atoms with Crippen molar-refractivity contribution >= 4 is 55.1 Å². The van der Waals surface area contributed by atoms with Crippen LogP contribution in [0.25, 0.3) is 77.4 Å². The van der Waals surface area contributed by atoms with Gasteiger partial charge >= 0.3 is 0 Å². The Bertz CT molecular complexity index is 3000. The average Bonchev–Trinajstić information content (AvgIpc) is 3.68. The van der Waals surface area contributed by atoms with E-state index in [4.69, 9.17) is 4.42 Å². The molecule has 8 aromatic carbocycles. The fourth-order valence-electron chi connectivity index (χ4n) is 8.57. The fraction of sp³-hybridized carbons (Fsp3) is 0.0784. The van der Waals surface area contributed by atoms with Crippen molar-refractivity contribution in [2.75, 3.05) is 0 Å². The highest BCUT2D eigenvalue weighted by Gasteiger charge is 2.37. The molecule has 10 rings (SSSR count). The van der Waals surface area contributed by atoms with Crippen molar-refractivity contribution in [1.82, 2.24) is 0 Å². The molecular formula is C51H35NO. The van der Waals surface area contributed by atoms with Gasteiger partial charge in [-0.2, -0.15) is 5.26 Å². The molecule has 0 saturated carbocycles. The predicted octanol–water partition coefficient (Wildman–Crippen LogP) is 13.5. The molecule has 53 heavy (non-hydrogen) atoms. The van der Waals surface area contributed by atoms with Crippen LogP contribution in [0, 0.1) is 11.3 Å². The van der Waals surface area contributed by atoms with E-state index in [1.807, 2.05) is 24.3 Å². The Morgan fingerprint density at radius 3 is 2.17 bits per heavy atom. The third kappa shape index (κ3) is 5.08. The van der Waals surface area contributed by atoms with Crippen LogP contribution < -0.4 is 0 Å². The monoisotopic (exact) mass is 677 g/mol. The minimum absolute atomic E-state index is 0.202. The highest BCUT2D eigenvalue weighted by molar-refractivity contribution is 6.10. The van der Waals surface area contributed by atoms with Crippen LogP contribution in [0.15, 0.2) is 162 Å². The number of allylic oxidation sites excluding steroid dienone is 1. The number of fused-ring (bicyclic) bond motifs is 9. The van der Waals surface area contributed by atoms with Gasteiger partial charge in [0.2, 0.25) is 0 Å². The van der Waals surface area contributed by atoms with Crippen molar-refractivity contribution in [1.29, 1.82) is 5.26 Å². The highest BCUT2D eigenvalue weighted by atomic mass is 16.3. The summed E-state index contributed by atoms with van der Waals surface area (Å²) in [6.07, 6.45) is 3.08. The number of benzene rings is 8. The molecule has 0 unspecified atom stereocenters.